The maximum absolute atomic E-state index is 12.5. The number of carbonyl (C=O) groups excluding carboxylic acids is 1. The number of carbonyl (C=O) groups is 1. The SMILES string of the molecule is Cc1c(-c2ccc3c(c2)/C(=C/c2ncc[nH]2)C(=O)N3)cnc2c1NCC1(CC1)O2. The van der Waals surface area contributed by atoms with Crippen molar-refractivity contribution in [3.63, 3.8) is 0 Å². The van der Waals surface area contributed by atoms with Crippen LogP contribution in [0.1, 0.15) is 29.8 Å². The van der Waals surface area contributed by atoms with Crippen molar-refractivity contribution >= 4 is 28.9 Å². The number of aromatic nitrogens is 3. The van der Waals surface area contributed by atoms with E-state index in [0.29, 0.717) is 17.3 Å². The first-order valence-electron chi connectivity index (χ1n) is 9.72. The van der Waals surface area contributed by atoms with E-state index in [2.05, 4.69) is 32.5 Å². The number of pyridine rings is 1. The summed E-state index contributed by atoms with van der Waals surface area (Å²) in [6.07, 6.45) is 9.20. The van der Waals surface area contributed by atoms with Gasteiger partial charge in [-0.2, -0.15) is 0 Å². The summed E-state index contributed by atoms with van der Waals surface area (Å²) in [5.74, 6) is 1.21. The van der Waals surface area contributed by atoms with Gasteiger partial charge in [-0.05, 0) is 49.1 Å². The molecule has 144 valence electrons. The van der Waals surface area contributed by atoms with Gasteiger partial charge in [-0.1, -0.05) is 6.07 Å². The van der Waals surface area contributed by atoms with Gasteiger partial charge < -0.3 is 20.4 Å². The molecule has 2 aliphatic heterocycles. The molecule has 1 aliphatic carbocycles. The minimum absolute atomic E-state index is 0.0426. The molecule has 3 N–H and O–H groups in total. The van der Waals surface area contributed by atoms with Crippen molar-refractivity contribution in [1.29, 1.82) is 0 Å². The van der Waals surface area contributed by atoms with Crippen LogP contribution in [0.4, 0.5) is 11.4 Å². The number of rotatable bonds is 2. The Hall–Kier alpha value is -3.61. The number of ether oxygens (including phenoxy) is 1. The third-order valence-corrected chi connectivity index (χ3v) is 5.93. The van der Waals surface area contributed by atoms with Gasteiger partial charge >= 0.3 is 0 Å². The predicted octanol–water partition coefficient (Wildman–Crippen LogP) is 3.61. The number of benzene rings is 1. The Morgan fingerprint density at radius 1 is 1.21 bits per heavy atom. The van der Waals surface area contributed by atoms with Crippen LogP contribution in [-0.2, 0) is 4.79 Å². The van der Waals surface area contributed by atoms with E-state index in [1.54, 1.807) is 18.5 Å². The standard InChI is InChI=1S/C22H19N5O2/c1-12-16(10-25-21-19(12)26-11-22(29-21)4-5-22)13-2-3-17-14(8-13)15(20(28)27-17)9-18-23-6-7-24-18/h2-3,6-10,26H,4-5,11H2,1H3,(H,23,24)(H,27,28)/b15-9-. The molecule has 0 saturated heterocycles. The molecule has 6 rings (SSSR count). The highest BCUT2D eigenvalue weighted by Crippen LogP contribution is 2.47. The quantitative estimate of drug-likeness (QED) is 0.586. The van der Waals surface area contributed by atoms with Gasteiger partial charge in [-0.25, -0.2) is 9.97 Å². The Kier molecular flexibility index (Phi) is 3.21. The smallest absolute Gasteiger partial charge is 0.256 e. The number of aromatic amines is 1. The summed E-state index contributed by atoms with van der Waals surface area (Å²) in [4.78, 5) is 24.3. The Labute approximate surface area is 167 Å². The number of amides is 1. The van der Waals surface area contributed by atoms with Crippen LogP contribution in [0.15, 0.2) is 36.8 Å². The van der Waals surface area contributed by atoms with E-state index in [-0.39, 0.29) is 11.5 Å². The van der Waals surface area contributed by atoms with Crippen molar-refractivity contribution in [3.8, 4) is 17.0 Å². The second-order valence-electron chi connectivity index (χ2n) is 7.86. The van der Waals surface area contributed by atoms with Gasteiger partial charge in [0.05, 0.1) is 12.1 Å². The molecule has 1 amide bonds. The van der Waals surface area contributed by atoms with Gasteiger partial charge in [0.1, 0.15) is 17.1 Å². The van der Waals surface area contributed by atoms with Crippen LogP contribution in [0.5, 0.6) is 5.88 Å². The number of nitrogens with zero attached hydrogens (tertiary/aromatic N) is 2. The average molecular weight is 385 g/mol. The third-order valence-electron chi connectivity index (χ3n) is 5.93. The van der Waals surface area contributed by atoms with Crippen LogP contribution in [-0.4, -0.2) is 33.0 Å². The van der Waals surface area contributed by atoms with Crippen LogP contribution in [0, 0.1) is 6.92 Å². The Balaban J connectivity index is 1.42. The summed E-state index contributed by atoms with van der Waals surface area (Å²) < 4.78 is 6.12. The first-order chi connectivity index (χ1) is 14.1. The van der Waals surface area contributed by atoms with Crippen molar-refractivity contribution in [2.75, 3.05) is 17.2 Å². The van der Waals surface area contributed by atoms with E-state index in [4.69, 9.17) is 4.74 Å². The fraction of sp³-hybridized carbons (Fsp3) is 0.227. The first kappa shape index (κ1) is 16.4. The Bertz CT molecular complexity index is 1190. The zero-order chi connectivity index (χ0) is 19.6. The van der Waals surface area contributed by atoms with E-state index >= 15 is 0 Å². The molecule has 29 heavy (non-hydrogen) atoms. The van der Waals surface area contributed by atoms with Crippen LogP contribution >= 0.6 is 0 Å². The van der Waals surface area contributed by atoms with Crippen molar-refractivity contribution in [3.05, 3.63) is 53.7 Å². The zero-order valence-corrected chi connectivity index (χ0v) is 15.9. The fourth-order valence-corrected chi connectivity index (χ4v) is 4.06. The fourth-order valence-electron chi connectivity index (χ4n) is 4.06. The molecule has 0 unspecified atom stereocenters. The lowest BCUT2D eigenvalue weighted by atomic mass is 9.96. The number of anilines is 2. The third kappa shape index (κ3) is 2.54. The normalized spacial score (nSPS) is 19.3. The van der Waals surface area contributed by atoms with Crippen LogP contribution < -0.4 is 15.4 Å². The van der Waals surface area contributed by atoms with Gasteiger partial charge in [0.15, 0.2) is 0 Å². The highest BCUT2D eigenvalue weighted by Gasteiger charge is 2.48. The predicted molar refractivity (Wildman–Crippen MR) is 111 cm³/mol. The largest absolute Gasteiger partial charge is 0.468 e. The molecule has 1 saturated carbocycles. The molecular weight excluding hydrogens is 366 g/mol. The van der Waals surface area contributed by atoms with Crippen molar-refractivity contribution in [2.24, 2.45) is 0 Å². The molecule has 1 aromatic carbocycles. The zero-order valence-electron chi connectivity index (χ0n) is 15.9. The molecule has 0 bridgehead atoms. The van der Waals surface area contributed by atoms with Gasteiger partial charge in [0.25, 0.3) is 5.91 Å². The number of nitrogens with one attached hydrogen (secondary N) is 3. The van der Waals surface area contributed by atoms with E-state index in [1.165, 1.54) is 0 Å². The molecule has 7 nitrogen and oxygen atoms in total. The highest BCUT2D eigenvalue weighted by molar-refractivity contribution is 6.35. The number of fused-ring (bicyclic) bond motifs is 2. The molecule has 7 heteroatoms. The monoisotopic (exact) mass is 385 g/mol. The van der Waals surface area contributed by atoms with Crippen molar-refractivity contribution in [1.82, 2.24) is 15.0 Å². The van der Waals surface area contributed by atoms with E-state index < -0.39 is 0 Å². The topological polar surface area (TPSA) is 91.9 Å². The number of hydrogen-bond acceptors (Lipinski definition) is 5. The molecule has 3 aliphatic rings. The maximum Gasteiger partial charge on any atom is 0.256 e. The number of imidazole rings is 1. The van der Waals surface area contributed by atoms with Gasteiger partial charge in [0.2, 0.25) is 5.88 Å². The lowest BCUT2D eigenvalue weighted by Crippen LogP contribution is -2.33. The number of H-pyrrole nitrogens is 1. The summed E-state index contributed by atoms with van der Waals surface area (Å²) in [5.41, 5.74) is 6.30. The van der Waals surface area contributed by atoms with Crippen molar-refractivity contribution in [2.45, 2.75) is 25.4 Å². The molecule has 1 fully saturated rings. The van der Waals surface area contributed by atoms with Crippen LogP contribution in [0.3, 0.4) is 0 Å². The minimum Gasteiger partial charge on any atom is -0.468 e. The molecule has 0 atom stereocenters. The molecule has 2 aromatic heterocycles. The second kappa shape index (κ2) is 5.70. The van der Waals surface area contributed by atoms with Crippen LogP contribution in [0.25, 0.3) is 22.8 Å². The lowest BCUT2D eigenvalue weighted by molar-refractivity contribution is -0.110. The minimum atomic E-state index is -0.126. The van der Waals surface area contributed by atoms with E-state index in [9.17, 15) is 4.79 Å². The summed E-state index contributed by atoms with van der Waals surface area (Å²) in [5, 5.41) is 6.44. The first-order valence-corrected chi connectivity index (χ1v) is 9.72. The van der Waals surface area contributed by atoms with E-state index in [0.717, 1.165) is 53.0 Å². The van der Waals surface area contributed by atoms with Crippen molar-refractivity contribution < 1.29 is 9.53 Å². The summed E-state index contributed by atoms with van der Waals surface area (Å²) in [7, 11) is 0. The second-order valence-corrected chi connectivity index (χ2v) is 7.86. The van der Waals surface area contributed by atoms with Gasteiger partial charge in [-0.15, -0.1) is 0 Å². The number of hydrogen-bond donors (Lipinski definition) is 3. The van der Waals surface area contributed by atoms with Crippen LogP contribution in [0.2, 0.25) is 0 Å². The lowest BCUT2D eigenvalue weighted by Gasteiger charge is -2.28. The highest BCUT2D eigenvalue weighted by atomic mass is 16.5. The Morgan fingerprint density at radius 2 is 2.10 bits per heavy atom. The molecule has 4 heterocycles. The Morgan fingerprint density at radius 3 is 2.90 bits per heavy atom. The average Bonchev–Trinajstić information content (AvgIpc) is 3.12. The molecule has 3 aromatic rings. The molecule has 1 spiro atoms. The molecular formula is C22H19N5O2. The summed E-state index contributed by atoms with van der Waals surface area (Å²) >= 11 is 0. The van der Waals surface area contributed by atoms with Gasteiger partial charge in [-0.3, -0.25) is 4.79 Å². The summed E-state index contributed by atoms with van der Waals surface area (Å²) in [6, 6.07) is 5.98. The van der Waals surface area contributed by atoms with Gasteiger partial charge in [0, 0.05) is 35.4 Å². The molecule has 0 radical (unpaired) electrons. The maximum atomic E-state index is 12.5. The summed E-state index contributed by atoms with van der Waals surface area (Å²) in [6.45, 7) is 2.90. The van der Waals surface area contributed by atoms with E-state index in [1.807, 2.05) is 24.4 Å².